The lowest BCUT2D eigenvalue weighted by Gasteiger charge is -2.43. The molecule has 0 atom stereocenters. The van der Waals surface area contributed by atoms with Gasteiger partial charge in [0.2, 0.25) is 0 Å². The lowest BCUT2D eigenvalue weighted by atomic mass is 9.83. The van der Waals surface area contributed by atoms with Crippen LogP contribution in [0.25, 0.3) is 0 Å². The highest BCUT2D eigenvalue weighted by atomic mass is 35.5. The highest BCUT2D eigenvalue weighted by Crippen LogP contribution is 2.37. The molecule has 0 N–H and O–H groups in total. The minimum atomic E-state index is -0.431. The summed E-state index contributed by atoms with van der Waals surface area (Å²) in [5, 5.41) is 0. The zero-order chi connectivity index (χ0) is 14.6. The van der Waals surface area contributed by atoms with Crippen LogP contribution >= 0.6 is 12.4 Å². The number of rotatable bonds is 4. The number of nitrogens with zero attached hydrogens (tertiary/aromatic N) is 1. The van der Waals surface area contributed by atoms with E-state index in [9.17, 15) is 4.79 Å². The molecule has 0 radical (unpaired) electrons. The average Bonchev–Trinajstić information content (AvgIpc) is 2.48. The van der Waals surface area contributed by atoms with Gasteiger partial charge in [-0.05, 0) is 19.4 Å². The molecule has 0 saturated carbocycles. The summed E-state index contributed by atoms with van der Waals surface area (Å²) in [7, 11) is 0. The molecule has 3 nitrogen and oxygen atoms in total. The molecule has 1 saturated heterocycles. The predicted molar refractivity (Wildman–Crippen MR) is 87.7 cm³/mol. The molecule has 2 rings (SSSR count). The van der Waals surface area contributed by atoms with Crippen molar-refractivity contribution < 1.29 is 9.53 Å². The maximum atomic E-state index is 11.8. The van der Waals surface area contributed by atoms with Crippen molar-refractivity contribution in [1.29, 1.82) is 0 Å². The molecule has 21 heavy (non-hydrogen) atoms. The summed E-state index contributed by atoms with van der Waals surface area (Å²) in [5.74, 6) is -0.105. The lowest BCUT2D eigenvalue weighted by Crippen LogP contribution is -2.47. The third kappa shape index (κ3) is 4.21. The SMILES string of the molecule is CCC(=O)OC1(c2ccccc2)CCN(C(C)C)CC1.Cl. The van der Waals surface area contributed by atoms with E-state index in [1.54, 1.807) is 0 Å². The molecule has 0 spiro atoms. The van der Waals surface area contributed by atoms with E-state index in [1.165, 1.54) is 0 Å². The van der Waals surface area contributed by atoms with Crippen molar-refractivity contribution in [2.24, 2.45) is 0 Å². The van der Waals surface area contributed by atoms with Gasteiger partial charge in [0.15, 0.2) is 0 Å². The van der Waals surface area contributed by atoms with E-state index in [0.717, 1.165) is 31.5 Å². The van der Waals surface area contributed by atoms with Gasteiger partial charge in [0.1, 0.15) is 5.60 Å². The molecule has 0 aliphatic carbocycles. The number of esters is 1. The molecule has 1 aromatic rings. The predicted octanol–water partition coefficient (Wildman–Crippen LogP) is 3.76. The number of hydrogen-bond donors (Lipinski definition) is 0. The molecular weight excluding hydrogens is 286 g/mol. The van der Waals surface area contributed by atoms with Gasteiger partial charge in [0.25, 0.3) is 0 Å². The summed E-state index contributed by atoms with van der Waals surface area (Å²) in [4.78, 5) is 14.3. The third-order valence-corrected chi connectivity index (χ3v) is 4.23. The molecule has 1 aliphatic heterocycles. The van der Waals surface area contributed by atoms with Gasteiger partial charge in [0, 0.05) is 38.4 Å². The standard InChI is InChI=1S/C17H25NO2.ClH/c1-4-16(19)20-17(15-8-6-5-7-9-15)10-12-18(13-11-17)14(2)3;/h5-9,14H,4,10-13H2,1-3H3;1H. The van der Waals surface area contributed by atoms with Crippen molar-refractivity contribution in [2.45, 2.75) is 51.7 Å². The van der Waals surface area contributed by atoms with Crippen LogP contribution in [0.2, 0.25) is 0 Å². The number of halogens is 1. The molecule has 0 amide bonds. The average molecular weight is 312 g/mol. The molecular formula is C17H26ClNO2. The molecule has 1 fully saturated rings. The van der Waals surface area contributed by atoms with Crippen molar-refractivity contribution >= 4 is 18.4 Å². The quantitative estimate of drug-likeness (QED) is 0.793. The molecule has 118 valence electrons. The van der Waals surface area contributed by atoms with E-state index < -0.39 is 5.60 Å². The van der Waals surface area contributed by atoms with Crippen LogP contribution in [0.4, 0.5) is 0 Å². The highest BCUT2D eigenvalue weighted by molar-refractivity contribution is 5.85. The van der Waals surface area contributed by atoms with Crippen molar-refractivity contribution in [3.8, 4) is 0 Å². The minimum Gasteiger partial charge on any atom is -0.454 e. The molecule has 0 unspecified atom stereocenters. The Morgan fingerprint density at radius 1 is 1.24 bits per heavy atom. The summed E-state index contributed by atoms with van der Waals surface area (Å²) in [6, 6.07) is 10.7. The largest absolute Gasteiger partial charge is 0.454 e. The maximum Gasteiger partial charge on any atom is 0.306 e. The van der Waals surface area contributed by atoms with Gasteiger partial charge in [-0.25, -0.2) is 0 Å². The fourth-order valence-electron chi connectivity index (χ4n) is 2.88. The summed E-state index contributed by atoms with van der Waals surface area (Å²) in [6.07, 6.45) is 2.18. The first kappa shape index (κ1) is 18.0. The van der Waals surface area contributed by atoms with Crippen molar-refractivity contribution in [3.63, 3.8) is 0 Å². The van der Waals surface area contributed by atoms with Crippen molar-refractivity contribution in [3.05, 3.63) is 35.9 Å². The molecule has 1 aliphatic rings. The van der Waals surface area contributed by atoms with E-state index in [0.29, 0.717) is 12.5 Å². The van der Waals surface area contributed by atoms with Gasteiger partial charge in [-0.3, -0.25) is 4.79 Å². The Morgan fingerprint density at radius 2 is 1.81 bits per heavy atom. The fraction of sp³-hybridized carbons (Fsp3) is 0.588. The Balaban J connectivity index is 0.00000220. The van der Waals surface area contributed by atoms with Crippen LogP contribution in [0.5, 0.6) is 0 Å². The first-order chi connectivity index (χ1) is 9.57. The second-order valence-corrected chi connectivity index (χ2v) is 5.82. The first-order valence-electron chi connectivity index (χ1n) is 7.59. The Morgan fingerprint density at radius 3 is 2.29 bits per heavy atom. The van der Waals surface area contributed by atoms with Gasteiger partial charge >= 0.3 is 5.97 Å². The van der Waals surface area contributed by atoms with Crippen molar-refractivity contribution in [2.75, 3.05) is 13.1 Å². The van der Waals surface area contributed by atoms with Gasteiger partial charge in [0.05, 0.1) is 0 Å². The molecule has 0 bridgehead atoms. The normalized spacial score (nSPS) is 18.1. The first-order valence-corrected chi connectivity index (χ1v) is 7.59. The number of carbonyl (C=O) groups is 1. The summed E-state index contributed by atoms with van der Waals surface area (Å²) >= 11 is 0. The third-order valence-electron chi connectivity index (χ3n) is 4.23. The summed E-state index contributed by atoms with van der Waals surface area (Å²) in [5.41, 5.74) is 0.699. The smallest absolute Gasteiger partial charge is 0.306 e. The topological polar surface area (TPSA) is 29.5 Å². The van der Waals surface area contributed by atoms with Crippen LogP contribution in [0.1, 0.15) is 45.6 Å². The molecule has 1 aromatic carbocycles. The van der Waals surface area contributed by atoms with Gasteiger partial charge in [-0.1, -0.05) is 37.3 Å². The van der Waals surface area contributed by atoms with Crippen LogP contribution in [0, 0.1) is 0 Å². The fourth-order valence-corrected chi connectivity index (χ4v) is 2.88. The second kappa shape index (κ2) is 7.81. The van der Waals surface area contributed by atoms with Crippen LogP contribution in [-0.4, -0.2) is 30.0 Å². The number of carbonyl (C=O) groups excluding carboxylic acids is 1. The molecule has 1 heterocycles. The Bertz CT molecular complexity index is 439. The van der Waals surface area contributed by atoms with E-state index in [1.807, 2.05) is 25.1 Å². The van der Waals surface area contributed by atoms with E-state index in [2.05, 4.69) is 30.9 Å². The molecule has 4 heteroatoms. The maximum absolute atomic E-state index is 11.8. The van der Waals surface area contributed by atoms with Crippen LogP contribution in [0.3, 0.4) is 0 Å². The molecule has 0 aromatic heterocycles. The number of hydrogen-bond acceptors (Lipinski definition) is 3. The number of benzene rings is 1. The minimum absolute atomic E-state index is 0. The van der Waals surface area contributed by atoms with E-state index >= 15 is 0 Å². The van der Waals surface area contributed by atoms with Crippen molar-refractivity contribution in [1.82, 2.24) is 4.90 Å². The highest BCUT2D eigenvalue weighted by Gasteiger charge is 2.39. The van der Waals surface area contributed by atoms with Crippen LogP contribution < -0.4 is 0 Å². The van der Waals surface area contributed by atoms with E-state index in [-0.39, 0.29) is 18.4 Å². The number of ether oxygens (including phenoxy) is 1. The zero-order valence-electron chi connectivity index (χ0n) is 13.2. The lowest BCUT2D eigenvalue weighted by molar-refractivity contribution is -0.167. The summed E-state index contributed by atoms with van der Waals surface area (Å²) in [6.45, 7) is 8.23. The monoisotopic (exact) mass is 311 g/mol. The number of likely N-dealkylation sites (tertiary alicyclic amines) is 1. The van der Waals surface area contributed by atoms with Gasteiger partial charge in [-0.15, -0.1) is 12.4 Å². The Kier molecular flexibility index (Phi) is 6.69. The zero-order valence-corrected chi connectivity index (χ0v) is 14.0. The van der Waals surface area contributed by atoms with Crippen LogP contribution in [-0.2, 0) is 15.1 Å². The van der Waals surface area contributed by atoms with Gasteiger partial charge < -0.3 is 9.64 Å². The van der Waals surface area contributed by atoms with Gasteiger partial charge in [-0.2, -0.15) is 0 Å². The number of piperidine rings is 1. The van der Waals surface area contributed by atoms with Crippen LogP contribution in [0.15, 0.2) is 30.3 Å². The second-order valence-electron chi connectivity index (χ2n) is 5.82. The Labute approximate surface area is 134 Å². The summed E-state index contributed by atoms with van der Waals surface area (Å²) < 4.78 is 5.88. The van der Waals surface area contributed by atoms with E-state index in [4.69, 9.17) is 4.74 Å². The Hall–Kier alpha value is -1.06.